The summed E-state index contributed by atoms with van der Waals surface area (Å²) in [5, 5.41) is 6.91. The van der Waals surface area contributed by atoms with Crippen molar-refractivity contribution in [1.29, 1.82) is 0 Å². The van der Waals surface area contributed by atoms with Crippen LogP contribution in [0.2, 0.25) is 0 Å². The average Bonchev–Trinajstić information content (AvgIpc) is 3.22. The minimum atomic E-state index is -0.869. The highest BCUT2D eigenvalue weighted by Gasteiger charge is 2.30. The van der Waals surface area contributed by atoms with E-state index in [0.29, 0.717) is 12.0 Å². The van der Waals surface area contributed by atoms with Crippen molar-refractivity contribution in [2.75, 3.05) is 0 Å². The molecule has 5 heteroatoms. The SMILES string of the molecule is O=C(CCc1ccsc1)O[C@H](C(=O)NC1CC1)c1ccccc1. The fourth-order valence-electron chi connectivity index (χ4n) is 2.28. The molecule has 120 valence electrons. The first-order valence-corrected chi connectivity index (χ1v) is 8.72. The molecule has 4 nitrogen and oxygen atoms in total. The van der Waals surface area contributed by atoms with Gasteiger partial charge in [0.25, 0.3) is 5.91 Å². The molecule has 23 heavy (non-hydrogen) atoms. The largest absolute Gasteiger partial charge is 0.447 e. The minimum Gasteiger partial charge on any atom is -0.447 e. The topological polar surface area (TPSA) is 55.4 Å². The molecule has 1 heterocycles. The van der Waals surface area contributed by atoms with Gasteiger partial charge in [-0.2, -0.15) is 11.3 Å². The first kappa shape index (κ1) is 15.7. The molecule has 1 aliphatic rings. The lowest BCUT2D eigenvalue weighted by Crippen LogP contribution is -2.33. The van der Waals surface area contributed by atoms with Crippen molar-refractivity contribution in [3.8, 4) is 0 Å². The summed E-state index contributed by atoms with van der Waals surface area (Å²) >= 11 is 1.60. The van der Waals surface area contributed by atoms with Crippen LogP contribution in [0.3, 0.4) is 0 Å². The summed E-state index contributed by atoms with van der Waals surface area (Å²) in [6.45, 7) is 0. The molecule has 2 aromatic rings. The van der Waals surface area contributed by atoms with Crippen molar-refractivity contribution in [3.05, 3.63) is 58.3 Å². The van der Waals surface area contributed by atoms with E-state index < -0.39 is 6.10 Å². The van der Waals surface area contributed by atoms with Gasteiger partial charge in [-0.1, -0.05) is 30.3 Å². The van der Waals surface area contributed by atoms with Gasteiger partial charge in [0.1, 0.15) is 0 Å². The maximum atomic E-state index is 12.4. The zero-order valence-corrected chi connectivity index (χ0v) is 13.6. The number of amides is 1. The van der Waals surface area contributed by atoms with E-state index in [0.717, 1.165) is 18.4 Å². The zero-order valence-electron chi connectivity index (χ0n) is 12.7. The van der Waals surface area contributed by atoms with Gasteiger partial charge in [-0.05, 0) is 41.7 Å². The first-order chi connectivity index (χ1) is 11.2. The Morgan fingerprint density at radius 3 is 2.65 bits per heavy atom. The second-order valence-corrected chi connectivity index (χ2v) is 6.48. The second-order valence-electron chi connectivity index (χ2n) is 5.70. The Bertz CT molecular complexity index is 650. The molecule has 1 amide bonds. The zero-order chi connectivity index (χ0) is 16.1. The van der Waals surface area contributed by atoms with E-state index in [4.69, 9.17) is 4.74 Å². The van der Waals surface area contributed by atoms with E-state index in [1.165, 1.54) is 0 Å². The lowest BCUT2D eigenvalue weighted by molar-refractivity contribution is -0.156. The highest BCUT2D eigenvalue weighted by Crippen LogP contribution is 2.23. The Hall–Kier alpha value is -2.14. The average molecular weight is 329 g/mol. The van der Waals surface area contributed by atoms with Crippen molar-refractivity contribution < 1.29 is 14.3 Å². The summed E-state index contributed by atoms with van der Waals surface area (Å²) in [6.07, 6.45) is 2.04. The van der Waals surface area contributed by atoms with Gasteiger partial charge in [0, 0.05) is 18.0 Å². The number of ether oxygens (including phenoxy) is 1. The molecule has 0 spiro atoms. The Morgan fingerprint density at radius 1 is 1.22 bits per heavy atom. The Balaban J connectivity index is 1.62. The predicted molar refractivity (Wildman–Crippen MR) is 89.1 cm³/mol. The Kier molecular flexibility index (Phi) is 5.08. The van der Waals surface area contributed by atoms with Gasteiger partial charge in [0.15, 0.2) is 0 Å². The molecule has 0 bridgehead atoms. The Morgan fingerprint density at radius 2 is 2.00 bits per heavy atom. The van der Waals surface area contributed by atoms with Crippen molar-refractivity contribution >= 4 is 23.2 Å². The molecule has 0 aliphatic heterocycles. The summed E-state index contributed by atoms with van der Waals surface area (Å²) in [5.41, 5.74) is 1.82. The second kappa shape index (κ2) is 7.42. The minimum absolute atomic E-state index is 0.234. The van der Waals surface area contributed by atoms with E-state index >= 15 is 0 Å². The van der Waals surface area contributed by atoms with Crippen LogP contribution < -0.4 is 5.32 Å². The number of hydrogen-bond donors (Lipinski definition) is 1. The van der Waals surface area contributed by atoms with Crippen LogP contribution in [0.4, 0.5) is 0 Å². The maximum absolute atomic E-state index is 12.4. The molecule has 1 aliphatic carbocycles. The van der Waals surface area contributed by atoms with Gasteiger partial charge < -0.3 is 10.1 Å². The van der Waals surface area contributed by atoms with Gasteiger partial charge in [-0.25, -0.2) is 0 Å². The number of carbonyl (C=O) groups is 2. The van der Waals surface area contributed by atoms with E-state index in [9.17, 15) is 9.59 Å². The van der Waals surface area contributed by atoms with E-state index in [1.807, 2.05) is 47.2 Å². The van der Waals surface area contributed by atoms with Crippen LogP contribution in [0, 0.1) is 0 Å². The number of esters is 1. The van der Waals surface area contributed by atoms with E-state index in [1.54, 1.807) is 11.3 Å². The van der Waals surface area contributed by atoms with Crippen LogP contribution in [0.15, 0.2) is 47.2 Å². The molecule has 0 saturated heterocycles. The van der Waals surface area contributed by atoms with Crippen LogP contribution >= 0.6 is 11.3 Å². The number of nitrogens with one attached hydrogen (secondary N) is 1. The third-order valence-corrected chi connectivity index (χ3v) is 4.44. The summed E-state index contributed by atoms with van der Waals surface area (Å²) in [5.74, 6) is -0.585. The quantitative estimate of drug-likeness (QED) is 0.793. The molecule has 1 atom stereocenters. The number of benzene rings is 1. The van der Waals surface area contributed by atoms with Crippen LogP contribution in [0.25, 0.3) is 0 Å². The third-order valence-electron chi connectivity index (χ3n) is 3.71. The molecule has 0 radical (unpaired) electrons. The number of carbonyl (C=O) groups excluding carboxylic acids is 2. The van der Waals surface area contributed by atoms with Crippen LogP contribution in [0.1, 0.15) is 36.5 Å². The van der Waals surface area contributed by atoms with Crippen molar-refractivity contribution in [2.45, 2.75) is 37.8 Å². The predicted octanol–water partition coefficient (Wildman–Crippen LogP) is 3.24. The molecule has 3 rings (SSSR count). The normalized spacial score (nSPS) is 15.0. The Labute approximate surface area is 139 Å². The number of thiophene rings is 1. The third kappa shape index (κ3) is 4.66. The van der Waals surface area contributed by atoms with Crippen LogP contribution in [-0.4, -0.2) is 17.9 Å². The van der Waals surface area contributed by atoms with E-state index in [-0.39, 0.29) is 24.3 Å². The van der Waals surface area contributed by atoms with Gasteiger partial charge in [-0.15, -0.1) is 0 Å². The molecule has 1 saturated carbocycles. The lowest BCUT2D eigenvalue weighted by Gasteiger charge is -2.18. The fraction of sp³-hybridized carbons (Fsp3) is 0.333. The van der Waals surface area contributed by atoms with Crippen molar-refractivity contribution in [3.63, 3.8) is 0 Å². The summed E-state index contributed by atoms with van der Waals surface area (Å²) < 4.78 is 5.48. The van der Waals surface area contributed by atoms with Gasteiger partial charge in [0.2, 0.25) is 6.10 Å². The van der Waals surface area contributed by atoms with Gasteiger partial charge in [0.05, 0.1) is 0 Å². The summed E-state index contributed by atoms with van der Waals surface area (Å²) in [6, 6.07) is 11.4. The fourth-order valence-corrected chi connectivity index (χ4v) is 2.98. The van der Waals surface area contributed by atoms with Crippen LogP contribution in [-0.2, 0) is 20.7 Å². The maximum Gasteiger partial charge on any atom is 0.307 e. The molecule has 1 N–H and O–H groups in total. The first-order valence-electron chi connectivity index (χ1n) is 7.78. The lowest BCUT2D eigenvalue weighted by atomic mass is 10.1. The molecule has 1 aromatic carbocycles. The number of hydrogen-bond acceptors (Lipinski definition) is 4. The molecule has 0 unspecified atom stereocenters. The summed E-state index contributed by atoms with van der Waals surface area (Å²) in [7, 11) is 0. The molecule has 1 fully saturated rings. The van der Waals surface area contributed by atoms with Crippen molar-refractivity contribution in [2.24, 2.45) is 0 Å². The van der Waals surface area contributed by atoms with Crippen molar-refractivity contribution in [1.82, 2.24) is 5.32 Å². The van der Waals surface area contributed by atoms with Gasteiger partial charge >= 0.3 is 5.97 Å². The number of rotatable bonds is 7. The number of aryl methyl sites for hydroxylation is 1. The highest BCUT2D eigenvalue weighted by atomic mass is 32.1. The van der Waals surface area contributed by atoms with E-state index in [2.05, 4.69) is 5.32 Å². The van der Waals surface area contributed by atoms with Gasteiger partial charge in [-0.3, -0.25) is 9.59 Å². The molecular weight excluding hydrogens is 310 g/mol. The molecular formula is C18H19NO3S. The molecule has 1 aromatic heterocycles. The standard InChI is InChI=1S/C18H19NO3S/c20-16(9-6-13-10-11-23-12-13)22-17(14-4-2-1-3-5-14)18(21)19-15-7-8-15/h1-5,10-12,15,17H,6-9H2,(H,19,21)/t17-/m0/s1. The monoisotopic (exact) mass is 329 g/mol. The smallest absolute Gasteiger partial charge is 0.307 e. The highest BCUT2D eigenvalue weighted by molar-refractivity contribution is 7.07. The van der Waals surface area contributed by atoms with Crippen LogP contribution in [0.5, 0.6) is 0 Å². The summed E-state index contributed by atoms with van der Waals surface area (Å²) in [4.78, 5) is 24.5.